The average molecular weight is 531 g/mol. The highest BCUT2D eigenvalue weighted by Gasteiger charge is 2.27. The van der Waals surface area contributed by atoms with Gasteiger partial charge in [0.1, 0.15) is 0 Å². The summed E-state index contributed by atoms with van der Waals surface area (Å²) in [5, 5.41) is 28.6. The predicted octanol–water partition coefficient (Wildman–Crippen LogP) is 3.25. The number of H-pyrrole nitrogens is 1. The van der Waals surface area contributed by atoms with Gasteiger partial charge in [-0.25, -0.2) is 4.98 Å². The minimum atomic E-state index is -0.550. The van der Waals surface area contributed by atoms with Crippen molar-refractivity contribution in [3.8, 4) is 11.1 Å². The van der Waals surface area contributed by atoms with E-state index in [9.17, 15) is 14.7 Å². The van der Waals surface area contributed by atoms with Crippen molar-refractivity contribution in [2.75, 3.05) is 23.7 Å². The Morgan fingerprint density at radius 1 is 1.28 bits per heavy atom. The van der Waals surface area contributed by atoms with Gasteiger partial charge < -0.3 is 25.2 Å². The molecule has 4 heterocycles. The molecule has 1 aliphatic rings. The van der Waals surface area contributed by atoms with E-state index < -0.39 is 11.3 Å². The van der Waals surface area contributed by atoms with Crippen LogP contribution in [-0.4, -0.2) is 66.3 Å². The summed E-state index contributed by atoms with van der Waals surface area (Å²) in [4.78, 5) is 35.3. The molecule has 12 nitrogen and oxygen atoms in total. The quantitative estimate of drug-likeness (QED) is 0.263. The van der Waals surface area contributed by atoms with Gasteiger partial charge in [0.25, 0.3) is 11.7 Å². The Kier molecular flexibility index (Phi) is 6.87. The summed E-state index contributed by atoms with van der Waals surface area (Å²) in [6.45, 7) is 10.1. The molecule has 3 aromatic heterocycles. The SMILES string of the molecule is C=CC(=O)N1CC[C@@H](Nc2n[nH]c3nccc(-c4cccc(NC(=O)c5noc(C(C)(C)C)n5)c4CO)c23)C1. The number of aromatic amines is 1. The first-order valence-electron chi connectivity index (χ1n) is 12.6. The normalized spacial score (nSPS) is 15.5. The fraction of sp³-hybridized carbons (Fsp3) is 0.333. The molecular weight excluding hydrogens is 500 g/mol. The third-order valence-electron chi connectivity index (χ3n) is 6.62. The number of aromatic nitrogens is 5. The molecule has 1 fully saturated rings. The Morgan fingerprint density at radius 2 is 2.10 bits per heavy atom. The fourth-order valence-electron chi connectivity index (χ4n) is 4.61. The lowest BCUT2D eigenvalue weighted by Crippen LogP contribution is -2.30. The van der Waals surface area contributed by atoms with E-state index >= 15 is 0 Å². The zero-order valence-electron chi connectivity index (χ0n) is 22.0. The minimum absolute atomic E-state index is 0.00402. The maximum absolute atomic E-state index is 12.9. The fourth-order valence-corrected chi connectivity index (χ4v) is 4.61. The van der Waals surface area contributed by atoms with Crippen LogP contribution in [0.2, 0.25) is 0 Å². The van der Waals surface area contributed by atoms with Gasteiger partial charge in [-0.05, 0) is 35.8 Å². The number of hydrogen-bond acceptors (Lipinski definition) is 9. The van der Waals surface area contributed by atoms with Crippen molar-refractivity contribution >= 4 is 34.4 Å². The van der Waals surface area contributed by atoms with Crippen molar-refractivity contribution in [1.82, 2.24) is 30.2 Å². The smallest absolute Gasteiger partial charge is 0.297 e. The lowest BCUT2D eigenvalue weighted by atomic mass is 9.96. The number of rotatable bonds is 7. The summed E-state index contributed by atoms with van der Waals surface area (Å²) < 4.78 is 5.25. The van der Waals surface area contributed by atoms with Gasteiger partial charge in [0, 0.05) is 42.0 Å². The first kappa shape index (κ1) is 26.0. The number of aliphatic hydroxyl groups is 1. The second-order valence-electron chi connectivity index (χ2n) is 10.4. The number of nitrogens with one attached hydrogen (secondary N) is 3. The van der Waals surface area contributed by atoms with Gasteiger partial charge in [-0.3, -0.25) is 14.7 Å². The number of aliphatic hydroxyl groups excluding tert-OH is 1. The number of fused-ring (bicyclic) bond motifs is 1. The number of pyridine rings is 1. The predicted molar refractivity (Wildman–Crippen MR) is 145 cm³/mol. The van der Waals surface area contributed by atoms with E-state index in [2.05, 4.69) is 42.5 Å². The summed E-state index contributed by atoms with van der Waals surface area (Å²) in [5.41, 5.74) is 2.55. The van der Waals surface area contributed by atoms with Crippen LogP contribution in [0.25, 0.3) is 22.2 Å². The van der Waals surface area contributed by atoms with Crippen LogP contribution in [0.4, 0.5) is 11.5 Å². The number of anilines is 2. The third kappa shape index (κ3) is 5.10. The van der Waals surface area contributed by atoms with E-state index in [-0.39, 0.29) is 24.4 Å². The topological polar surface area (TPSA) is 162 Å². The van der Waals surface area contributed by atoms with Crippen molar-refractivity contribution in [2.24, 2.45) is 0 Å². The van der Waals surface area contributed by atoms with Gasteiger partial charge in [0.15, 0.2) is 11.5 Å². The van der Waals surface area contributed by atoms with Gasteiger partial charge >= 0.3 is 0 Å². The Labute approximate surface area is 224 Å². The van der Waals surface area contributed by atoms with Gasteiger partial charge in [0.2, 0.25) is 11.8 Å². The van der Waals surface area contributed by atoms with Crippen LogP contribution in [0.3, 0.4) is 0 Å². The van der Waals surface area contributed by atoms with E-state index in [4.69, 9.17) is 4.52 Å². The van der Waals surface area contributed by atoms with Crippen LogP contribution in [-0.2, 0) is 16.8 Å². The van der Waals surface area contributed by atoms with Gasteiger partial charge in [-0.2, -0.15) is 10.1 Å². The first-order valence-corrected chi connectivity index (χ1v) is 12.6. The van der Waals surface area contributed by atoms with Crippen molar-refractivity contribution in [2.45, 2.75) is 45.3 Å². The molecule has 0 aliphatic carbocycles. The number of benzene rings is 1. The maximum Gasteiger partial charge on any atom is 0.297 e. The van der Waals surface area contributed by atoms with Gasteiger partial charge in [0.05, 0.1) is 12.0 Å². The van der Waals surface area contributed by atoms with Crippen LogP contribution in [0.15, 0.2) is 47.6 Å². The Morgan fingerprint density at radius 3 is 2.82 bits per heavy atom. The number of likely N-dealkylation sites (tertiary alicyclic amines) is 1. The van der Waals surface area contributed by atoms with Crippen LogP contribution >= 0.6 is 0 Å². The van der Waals surface area contributed by atoms with Crippen LogP contribution in [0, 0.1) is 0 Å². The van der Waals surface area contributed by atoms with E-state index in [0.717, 1.165) is 17.4 Å². The zero-order valence-corrected chi connectivity index (χ0v) is 22.0. The van der Waals surface area contributed by atoms with Crippen molar-refractivity contribution in [1.29, 1.82) is 0 Å². The third-order valence-corrected chi connectivity index (χ3v) is 6.62. The molecule has 202 valence electrons. The molecule has 0 spiro atoms. The molecule has 1 saturated heterocycles. The van der Waals surface area contributed by atoms with E-state index in [1.54, 1.807) is 23.2 Å². The Hall–Kier alpha value is -4.58. The molecule has 0 radical (unpaired) electrons. The summed E-state index contributed by atoms with van der Waals surface area (Å²) in [5.74, 6) is 0.192. The minimum Gasteiger partial charge on any atom is -0.392 e. The summed E-state index contributed by atoms with van der Waals surface area (Å²) in [7, 11) is 0. The molecule has 4 N–H and O–H groups in total. The molecule has 0 saturated carbocycles. The van der Waals surface area contributed by atoms with Crippen LogP contribution in [0.1, 0.15) is 49.3 Å². The zero-order chi connectivity index (χ0) is 27.7. The number of carbonyl (C=O) groups excluding carboxylic acids is 2. The standard InChI is InChI=1S/C27H30N8O4/c1-5-20(37)35-12-10-15(13-35)29-23-21-17(9-11-28-22(21)32-33-23)16-7-6-8-19(18(16)14-36)30-25(38)24-31-26(39-34-24)27(2,3)4/h5-9,11,15,36H,1,10,12-14H2,2-4H3,(H,30,38)(H2,28,29,32,33)/t15-/m1/s1. The Balaban J connectivity index is 1.46. The van der Waals surface area contributed by atoms with E-state index in [0.29, 0.717) is 47.3 Å². The molecule has 12 heteroatoms. The molecule has 1 aliphatic heterocycles. The highest BCUT2D eigenvalue weighted by atomic mass is 16.5. The molecular formula is C27H30N8O4. The van der Waals surface area contributed by atoms with Crippen LogP contribution in [0.5, 0.6) is 0 Å². The molecule has 0 bridgehead atoms. The van der Waals surface area contributed by atoms with Crippen molar-refractivity contribution in [3.05, 3.63) is 60.4 Å². The lowest BCUT2D eigenvalue weighted by molar-refractivity contribution is -0.125. The molecule has 1 atom stereocenters. The number of amides is 2. The number of nitrogens with zero attached hydrogens (tertiary/aromatic N) is 5. The van der Waals surface area contributed by atoms with Crippen LogP contribution < -0.4 is 10.6 Å². The average Bonchev–Trinajstić information content (AvgIpc) is 3.68. The molecule has 39 heavy (non-hydrogen) atoms. The van der Waals surface area contributed by atoms with Crippen molar-refractivity contribution in [3.63, 3.8) is 0 Å². The van der Waals surface area contributed by atoms with Crippen molar-refractivity contribution < 1.29 is 19.2 Å². The molecule has 5 rings (SSSR count). The molecule has 1 aromatic carbocycles. The lowest BCUT2D eigenvalue weighted by Gasteiger charge is -2.17. The second-order valence-corrected chi connectivity index (χ2v) is 10.4. The number of hydrogen-bond donors (Lipinski definition) is 4. The molecule has 2 amide bonds. The largest absolute Gasteiger partial charge is 0.392 e. The molecule has 4 aromatic rings. The second kappa shape index (κ2) is 10.3. The number of carbonyl (C=O) groups is 2. The summed E-state index contributed by atoms with van der Waals surface area (Å²) in [6, 6.07) is 7.19. The summed E-state index contributed by atoms with van der Waals surface area (Å²) in [6.07, 6.45) is 3.73. The van der Waals surface area contributed by atoms with Gasteiger partial charge in [-0.15, -0.1) is 0 Å². The molecule has 0 unspecified atom stereocenters. The maximum atomic E-state index is 12.9. The Bertz CT molecular complexity index is 1550. The highest BCUT2D eigenvalue weighted by Crippen LogP contribution is 2.37. The highest BCUT2D eigenvalue weighted by molar-refractivity contribution is 6.05. The summed E-state index contributed by atoms with van der Waals surface area (Å²) >= 11 is 0. The van der Waals surface area contributed by atoms with Gasteiger partial charge in [-0.1, -0.05) is 44.6 Å². The van der Waals surface area contributed by atoms with E-state index in [1.165, 1.54) is 6.08 Å². The first-order chi connectivity index (χ1) is 18.7. The monoisotopic (exact) mass is 530 g/mol. The van der Waals surface area contributed by atoms with E-state index in [1.807, 2.05) is 32.9 Å².